The van der Waals surface area contributed by atoms with Crippen LogP contribution in [-0.2, 0) is 57.2 Å². The van der Waals surface area contributed by atoms with Gasteiger partial charge in [0.2, 0.25) is 17.8 Å². The summed E-state index contributed by atoms with van der Waals surface area (Å²) in [7, 11) is 0. The molecule has 1 heterocycles. The van der Waals surface area contributed by atoms with Gasteiger partial charge in [-0.3, -0.25) is 14.7 Å². The highest BCUT2D eigenvalue weighted by atomic mass is 16.6. The Morgan fingerprint density at radius 2 is 0.402 bits per heavy atom. The molecule has 0 saturated carbocycles. The van der Waals surface area contributed by atoms with Gasteiger partial charge in [-0.15, -0.1) is 0 Å². The van der Waals surface area contributed by atoms with Crippen LogP contribution in [0.15, 0.2) is 218 Å². The van der Waals surface area contributed by atoms with Crippen LogP contribution in [0.1, 0.15) is 74.9 Å². The number of aromatic nitrogens is 3. The molecule has 6 aromatic carbocycles. The third kappa shape index (κ3) is 20.7. The predicted octanol–water partition coefficient (Wildman–Crippen LogP) is 11.9. The van der Waals surface area contributed by atoms with E-state index in [2.05, 4.69) is 0 Å². The molecule has 0 bridgehead atoms. The zero-order chi connectivity index (χ0) is 61.9. The normalized spacial score (nSPS) is 13.6. The minimum absolute atomic E-state index is 0.375. The molecule has 7 aromatic rings. The van der Waals surface area contributed by atoms with E-state index in [4.69, 9.17) is 43.4 Å². The second kappa shape index (κ2) is 32.7. The van der Waals surface area contributed by atoms with E-state index in [0.717, 1.165) is 0 Å². The standard InChI is InChI=1S/C69H66N6O12/c1-49(82-61(76)43-37-55-25-13-7-14-26-55)73(50(2)83-62(77)44-38-56-27-15-8-16-28-56)67-70-68(74(51(3)84-63(78)45-39-57-29-17-9-18-30-57)52(4)85-64(79)46-40-58-31-19-10-20-32-58)72-69(71-67)75(53(5)86-65(80)47-41-59-33-21-11-22-34-59)54(6)87-66(81)48-42-60-35-23-12-24-36-60/h7-54H,1-6H3/b43-37+,44-38+,45-39+,46-40+,47-41+,48-42+. The maximum atomic E-state index is 13.8. The highest BCUT2D eigenvalue weighted by Gasteiger charge is 2.36. The maximum absolute atomic E-state index is 13.8. The molecule has 0 radical (unpaired) electrons. The SMILES string of the molecule is CC(OC(=O)/C=C/c1ccccc1)N(c1nc(N(C(C)OC(=O)/C=C/c2ccccc2)C(C)OC(=O)/C=C/c2ccccc2)nc(N(C(C)OC(=O)/C=C/c2ccccc2)C(C)OC(=O)/C=C/c2ccccc2)n1)C(C)OC(=O)/C=C/c1ccccc1. The Kier molecular flexibility index (Phi) is 23.9. The molecule has 0 spiro atoms. The summed E-state index contributed by atoms with van der Waals surface area (Å²) in [6, 6.07) is 54.1. The third-order valence-electron chi connectivity index (χ3n) is 12.6. The highest BCUT2D eigenvalue weighted by molar-refractivity contribution is 5.90. The molecule has 0 amide bonds. The molecule has 6 unspecified atom stereocenters. The minimum atomic E-state index is -1.39. The summed E-state index contributed by atoms with van der Waals surface area (Å²) >= 11 is 0. The zero-order valence-electron chi connectivity index (χ0n) is 48.8. The highest BCUT2D eigenvalue weighted by Crippen LogP contribution is 2.30. The van der Waals surface area contributed by atoms with Crippen LogP contribution in [0.2, 0.25) is 0 Å². The van der Waals surface area contributed by atoms with Gasteiger partial charge in [-0.05, 0) is 111 Å². The first kappa shape index (κ1) is 63.6. The fourth-order valence-electron chi connectivity index (χ4n) is 8.51. The van der Waals surface area contributed by atoms with Crippen LogP contribution in [-0.4, -0.2) is 88.1 Å². The summed E-state index contributed by atoms with van der Waals surface area (Å²) in [5.41, 5.74) is 4.19. The van der Waals surface area contributed by atoms with E-state index >= 15 is 0 Å². The number of nitrogens with zero attached hydrogens (tertiary/aromatic N) is 6. The number of ether oxygens (including phenoxy) is 6. The van der Waals surface area contributed by atoms with Crippen LogP contribution in [0, 0.1) is 0 Å². The van der Waals surface area contributed by atoms with Crippen molar-refractivity contribution in [1.82, 2.24) is 15.0 Å². The number of rotatable bonds is 27. The van der Waals surface area contributed by atoms with E-state index in [1.165, 1.54) is 92.7 Å². The Labute approximate surface area is 505 Å². The van der Waals surface area contributed by atoms with Gasteiger partial charge in [0.1, 0.15) is 0 Å². The summed E-state index contributed by atoms with van der Waals surface area (Å²) in [6.45, 7) is 8.90. The van der Waals surface area contributed by atoms with Crippen molar-refractivity contribution >= 4 is 90.1 Å². The van der Waals surface area contributed by atoms with Crippen molar-refractivity contribution in [1.29, 1.82) is 0 Å². The fourth-order valence-corrected chi connectivity index (χ4v) is 8.51. The molecule has 1 aromatic heterocycles. The quantitative estimate of drug-likeness (QED) is 0.0203. The monoisotopic (exact) mass is 1170 g/mol. The molecule has 0 aliphatic carbocycles. The Morgan fingerprint density at radius 1 is 0.264 bits per heavy atom. The lowest BCUT2D eigenvalue weighted by molar-refractivity contribution is -0.149. The lowest BCUT2D eigenvalue weighted by Crippen LogP contribution is -2.49. The first-order chi connectivity index (χ1) is 42.1. The van der Waals surface area contributed by atoms with Crippen LogP contribution < -0.4 is 14.7 Å². The van der Waals surface area contributed by atoms with Gasteiger partial charge in [-0.1, -0.05) is 182 Å². The fraction of sp³-hybridized carbons (Fsp3) is 0.174. The maximum Gasteiger partial charge on any atom is 0.332 e. The molecular weight excluding hydrogens is 1100 g/mol. The van der Waals surface area contributed by atoms with Gasteiger partial charge in [0, 0.05) is 36.5 Å². The number of hydrogen-bond acceptors (Lipinski definition) is 18. The average molecular weight is 1170 g/mol. The predicted molar refractivity (Wildman–Crippen MR) is 333 cm³/mol. The second-order valence-corrected chi connectivity index (χ2v) is 19.1. The number of hydrogen-bond donors (Lipinski definition) is 0. The van der Waals surface area contributed by atoms with Crippen LogP contribution in [0.5, 0.6) is 0 Å². The molecular formula is C69H66N6O12. The van der Waals surface area contributed by atoms with Crippen molar-refractivity contribution in [3.63, 3.8) is 0 Å². The van der Waals surface area contributed by atoms with E-state index in [1.807, 2.05) is 36.4 Å². The minimum Gasteiger partial charge on any atom is -0.438 e. The van der Waals surface area contributed by atoms with Crippen molar-refractivity contribution in [2.45, 2.75) is 78.9 Å². The van der Waals surface area contributed by atoms with Crippen LogP contribution in [0.25, 0.3) is 36.5 Å². The summed E-state index contributed by atoms with van der Waals surface area (Å²) in [5.74, 6) is -6.05. The van der Waals surface area contributed by atoms with E-state index in [9.17, 15) is 28.8 Å². The number of esters is 6. The zero-order valence-corrected chi connectivity index (χ0v) is 48.8. The van der Waals surface area contributed by atoms with Crippen molar-refractivity contribution in [3.8, 4) is 0 Å². The third-order valence-corrected chi connectivity index (χ3v) is 12.6. The lowest BCUT2D eigenvalue weighted by Gasteiger charge is -2.37. The van der Waals surface area contributed by atoms with Gasteiger partial charge in [0.15, 0.2) is 37.4 Å². The Bertz CT molecular complexity index is 2970. The van der Waals surface area contributed by atoms with Gasteiger partial charge in [0.05, 0.1) is 0 Å². The average Bonchev–Trinajstić information content (AvgIpc) is 2.39. The first-order valence-corrected chi connectivity index (χ1v) is 27.8. The van der Waals surface area contributed by atoms with Gasteiger partial charge in [0.25, 0.3) is 0 Å². The summed E-state index contributed by atoms with van der Waals surface area (Å²) < 4.78 is 36.2. The number of carbonyl (C=O) groups excluding carboxylic acids is 6. The Morgan fingerprint density at radius 3 is 0.540 bits per heavy atom. The van der Waals surface area contributed by atoms with E-state index in [0.29, 0.717) is 33.4 Å². The number of anilines is 3. The van der Waals surface area contributed by atoms with E-state index in [1.54, 1.807) is 182 Å². The van der Waals surface area contributed by atoms with Gasteiger partial charge in [-0.2, -0.15) is 15.0 Å². The molecule has 0 aliphatic rings. The van der Waals surface area contributed by atoms with Gasteiger partial charge in [-0.25, -0.2) is 28.8 Å². The van der Waals surface area contributed by atoms with Gasteiger partial charge >= 0.3 is 35.8 Å². The molecule has 7 rings (SSSR count). The lowest BCUT2D eigenvalue weighted by atomic mass is 10.2. The van der Waals surface area contributed by atoms with E-state index < -0.39 is 73.2 Å². The molecule has 87 heavy (non-hydrogen) atoms. The van der Waals surface area contributed by atoms with Crippen LogP contribution in [0.3, 0.4) is 0 Å². The van der Waals surface area contributed by atoms with Gasteiger partial charge < -0.3 is 28.4 Å². The van der Waals surface area contributed by atoms with Crippen molar-refractivity contribution in [2.24, 2.45) is 0 Å². The molecule has 0 fully saturated rings. The molecule has 0 aliphatic heterocycles. The van der Waals surface area contributed by atoms with Crippen molar-refractivity contribution in [2.75, 3.05) is 14.7 Å². The van der Waals surface area contributed by atoms with Crippen LogP contribution in [0.4, 0.5) is 17.8 Å². The van der Waals surface area contributed by atoms with Crippen molar-refractivity contribution in [3.05, 3.63) is 252 Å². The molecule has 444 valence electrons. The molecule has 6 atom stereocenters. The first-order valence-electron chi connectivity index (χ1n) is 27.8. The second-order valence-electron chi connectivity index (χ2n) is 19.1. The summed E-state index contributed by atoms with van der Waals surface area (Å²) in [4.78, 5) is 101. The Hall–Kier alpha value is -11.0. The molecule has 0 N–H and O–H groups in total. The number of carbonyl (C=O) groups is 6. The number of benzene rings is 6. The van der Waals surface area contributed by atoms with Crippen LogP contribution >= 0.6 is 0 Å². The van der Waals surface area contributed by atoms with E-state index in [-0.39, 0.29) is 17.8 Å². The Balaban J connectivity index is 1.40. The summed E-state index contributed by atoms with van der Waals surface area (Å²) in [6.07, 6.45) is 8.25. The smallest absolute Gasteiger partial charge is 0.332 e. The molecule has 18 heteroatoms. The molecule has 0 saturated heterocycles. The summed E-state index contributed by atoms with van der Waals surface area (Å²) in [5, 5.41) is 0. The molecule has 18 nitrogen and oxygen atoms in total. The largest absolute Gasteiger partial charge is 0.438 e. The topological polar surface area (TPSA) is 206 Å². The van der Waals surface area contributed by atoms with Crippen molar-refractivity contribution < 1.29 is 57.2 Å².